The molecule has 0 bridgehead atoms. The predicted molar refractivity (Wildman–Crippen MR) is 155 cm³/mol. The monoisotopic (exact) mass is 542 g/mol. The maximum atomic E-state index is 11.9. The Morgan fingerprint density at radius 2 is 1.92 bits per heavy atom. The average Bonchev–Trinajstić information content (AvgIpc) is 3.71. The number of halogens is 1. The molecule has 0 aromatic heterocycles. The number of amides is 1. The normalized spacial score (nSPS) is 20.8. The van der Waals surface area contributed by atoms with Gasteiger partial charge in [0, 0.05) is 17.8 Å². The Hall–Kier alpha value is -2.71. The Labute approximate surface area is 229 Å². The second-order valence-corrected chi connectivity index (χ2v) is 11.4. The van der Waals surface area contributed by atoms with Gasteiger partial charge in [-0.2, -0.15) is 5.10 Å². The number of fused-ring (bicyclic) bond motifs is 1. The van der Waals surface area contributed by atoms with Crippen molar-refractivity contribution < 1.29 is 14.3 Å². The molecule has 0 saturated heterocycles. The lowest BCUT2D eigenvalue weighted by atomic mass is 9.76. The number of thioether (sulfide) groups is 1. The number of methoxy groups -OCH3 is 2. The number of rotatable bonds is 6. The summed E-state index contributed by atoms with van der Waals surface area (Å²) in [5, 5.41) is 4.41. The molecule has 1 atom stereocenters. The maximum Gasteiger partial charge on any atom is 0.299 e. The van der Waals surface area contributed by atoms with Crippen LogP contribution in [0.1, 0.15) is 63.1 Å². The molecule has 9 heteroatoms. The standard InChI is InChI=1S/C28H34N4O3S.ClH/c1-6-24-25(30-31-27(33)36-24)17-7-11-21-20(15-17)28(2,3)13-14-32(21)26(29-19-9-10-19)18-8-12-22(34-4)23(16-18)35-5;/h7-8,11-12,15-16,19,24H,6,9-10,13-14H2,1-5H3,(H,31,33);1H. The van der Waals surface area contributed by atoms with Gasteiger partial charge in [-0.1, -0.05) is 38.6 Å². The van der Waals surface area contributed by atoms with Crippen molar-refractivity contribution in [2.75, 3.05) is 25.7 Å². The van der Waals surface area contributed by atoms with Crippen LogP contribution in [0.4, 0.5) is 10.5 Å². The molecule has 5 rings (SSSR count). The molecule has 1 aliphatic carbocycles. The maximum absolute atomic E-state index is 11.9. The number of nitrogens with one attached hydrogen (secondary N) is 1. The molecule has 3 aliphatic rings. The molecule has 198 valence electrons. The SMILES string of the molecule is CCC1SC(=O)NN=C1c1ccc2c(c1)C(C)(C)CCN2C(=NC1CC1)c1ccc(OC)c(OC)c1.Cl. The largest absolute Gasteiger partial charge is 0.493 e. The fourth-order valence-corrected chi connectivity index (χ4v) is 5.73. The molecular weight excluding hydrogens is 508 g/mol. The topological polar surface area (TPSA) is 75.5 Å². The van der Waals surface area contributed by atoms with Crippen molar-refractivity contribution in [2.24, 2.45) is 10.1 Å². The Morgan fingerprint density at radius 3 is 2.59 bits per heavy atom. The van der Waals surface area contributed by atoms with E-state index < -0.39 is 0 Å². The van der Waals surface area contributed by atoms with Crippen LogP contribution in [0.25, 0.3) is 0 Å². The second kappa shape index (κ2) is 11.0. The summed E-state index contributed by atoms with van der Waals surface area (Å²) in [6, 6.07) is 13.0. The van der Waals surface area contributed by atoms with Crippen molar-refractivity contribution in [2.45, 2.75) is 63.2 Å². The van der Waals surface area contributed by atoms with Crippen LogP contribution in [-0.2, 0) is 5.41 Å². The zero-order chi connectivity index (χ0) is 25.4. The van der Waals surface area contributed by atoms with Gasteiger partial charge < -0.3 is 14.4 Å². The van der Waals surface area contributed by atoms with Gasteiger partial charge in [0.15, 0.2) is 11.5 Å². The lowest BCUT2D eigenvalue weighted by Crippen LogP contribution is -2.42. The fourth-order valence-electron chi connectivity index (χ4n) is 4.91. The van der Waals surface area contributed by atoms with Gasteiger partial charge >= 0.3 is 0 Å². The predicted octanol–water partition coefficient (Wildman–Crippen LogP) is 6.16. The summed E-state index contributed by atoms with van der Waals surface area (Å²) in [6.45, 7) is 7.58. The number of anilines is 1. The van der Waals surface area contributed by atoms with E-state index in [4.69, 9.17) is 14.5 Å². The smallest absolute Gasteiger partial charge is 0.299 e. The first kappa shape index (κ1) is 27.3. The number of carbonyl (C=O) groups is 1. The molecule has 1 unspecified atom stereocenters. The molecule has 2 heterocycles. The van der Waals surface area contributed by atoms with E-state index in [0.717, 1.165) is 54.9 Å². The first-order chi connectivity index (χ1) is 17.3. The van der Waals surface area contributed by atoms with E-state index in [1.165, 1.54) is 23.0 Å². The van der Waals surface area contributed by atoms with E-state index in [1.54, 1.807) is 14.2 Å². The number of hydrogen-bond donors (Lipinski definition) is 1. The van der Waals surface area contributed by atoms with Crippen molar-refractivity contribution in [1.82, 2.24) is 5.43 Å². The van der Waals surface area contributed by atoms with Crippen LogP contribution in [-0.4, -0.2) is 48.8 Å². The third kappa shape index (κ3) is 5.46. The van der Waals surface area contributed by atoms with Crippen molar-refractivity contribution in [3.63, 3.8) is 0 Å². The highest BCUT2D eigenvalue weighted by Gasteiger charge is 2.36. The quantitative estimate of drug-likeness (QED) is 0.349. The fraction of sp³-hybridized carbons (Fsp3) is 0.464. The number of benzene rings is 2. The van der Waals surface area contributed by atoms with Gasteiger partial charge in [-0.15, -0.1) is 12.4 Å². The minimum absolute atomic E-state index is 0. The number of nitrogens with zero attached hydrogens (tertiary/aromatic N) is 3. The summed E-state index contributed by atoms with van der Waals surface area (Å²) in [6.07, 6.45) is 4.10. The van der Waals surface area contributed by atoms with Gasteiger partial charge in [0.25, 0.3) is 5.24 Å². The van der Waals surface area contributed by atoms with Crippen LogP contribution in [0.3, 0.4) is 0 Å². The van der Waals surface area contributed by atoms with Gasteiger partial charge in [-0.25, -0.2) is 5.43 Å². The number of amidine groups is 1. The highest BCUT2D eigenvalue weighted by atomic mass is 35.5. The van der Waals surface area contributed by atoms with Crippen molar-refractivity contribution in [3.05, 3.63) is 53.1 Å². The third-order valence-electron chi connectivity index (χ3n) is 7.21. The van der Waals surface area contributed by atoms with Crippen molar-refractivity contribution in [1.29, 1.82) is 0 Å². The number of hydrogen-bond acceptors (Lipinski definition) is 6. The van der Waals surface area contributed by atoms with Crippen LogP contribution in [0.15, 0.2) is 46.5 Å². The van der Waals surface area contributed by atoms with Crippen LogP contribution in [0.5, 0.6) is 11.5 Å². The van der Waals surface area contributed by atoms with Gasteiger partial charge in [0.05, 0.1) is 31.2 Å². The van der Waals surface area contributed by atoms with E-state index in [-0.39, 0.29) is 28.3 Å². The summed E-state index contributed by atoms with van der Waals surface area (Å²) in [5.74, 6) is 2.39. The van der Waals surface area contributed by atoms with Crippen molar-refractivity contribution in [3.8, 4) is 11.5 Å². The summed E-state index contributed by atoms with van der Waals surface area (Å²) in [5.41, 5.74) is 8.12. The number of ether oxygens (including phenoxy) is 2. The van der Waals surface area contributed by atoms with E-state index in [0.29, 0.717) is 17.5 Å². The molecule has 0 spiro atoms. The van der Waals surface area contributed by atoms with E-state index in [2.05, 4.69) is 60.5 Å². The first-order valence-corrected chi connectivity index (χ1v) is 13.5. The molecule has 1 amide bonds. The highest BCUT2D eigenvalue weighted by molar-refractivity contribution is 8.14. The lowest BCUT2D eigenvalue weighted by molar-refractivity contribution is 0.260. The van der Waals surface area contributed by atoms with Crippen LogP contribution < -0.4 is 19.8 Å². The number of carbonyl (C=O) groups excluding carboxylic acids is 1. The molecule has 37 heavy (non-hydrogen) atoms. The first-order valence-electron chi connectivity index (χ1n) is 12.6. The Balaban J connectivity index is 0.00000320. The van der Waals surface area contributed by atoms with E-state index in [9.17, 15) is 4.79 Å². The van der Waals surface area contributed by atoms with Crippen molar-refractivity contribution >= 4 is 46.6 Å². The zero-order valence-electron chi connectivity index (χ0n) is 22.0. The molecule has 1 fully saturated rings. The Bertz CT molecular complexity index is 1240. The highest BCUT2D eigenvalue weighted by Crippen LogP contribution is 2.42. The molecule has 7 nitrogen and oxygen atoms in total. The third-order valence-corrected chi connectivity index (χ3v) is 8.36. The van der Waals surface area contributed by atoms with Crippen LogP contribution >= 0.6 is 24.2 Å². The lowest BCUT2D eigenvalue weighted by Gasteiger charge is -2.41. The summed E-state index contributed by atoms with van der Waals surface area (Å²) in [4.78, 5) is 19.4. The van der Waals surface area contributed by atoms with E-state index >= 15 is 0 Å². The number of hydrazone groups is 1. The molecule has 2 aromatic carbocycles. The summed E-state index contributed by atoms with van der Waals surface area (Å²) >= 11 is 1.32. The Kier molecular flexibility index (Phi) is 8.09. The molecule has 1 N–H and O–H groups in total. The Morgan fingerprint density at radius 1 is 1.16 bits per heavy atom. The minimum atomic E-state index is -0.0917. The van der Waals surface area contributed by atoms with E-state index in [1.807, 2.05) is 12.1 Å². The molecule has 2 aromatic rings. The molecular formula is C28H35ClN4O3S. The zero-order valence-corrected chi connectivity index (χ0v) is 23.7. The summed E-state index contributed by atoms with van der Waals surface area (Å²) in [7, 11) is 3.32. The average molecular weight is 543 g/mol. The van der Waals surface area contributed by atoms with Gasteiger partial charge in [0.2, 0.25) is 0 Å². The van der Waals surface area contributed by atoms with Gasteiger partial charge in [-0.05, 0) is 72.6 Å². The molecule has 0 radical (unpaired) electrons. The minimum Gasteiger partial charge on any atom is -0.493 e. The summed E-state index contributed by atoms with van der Waals surface area (Å²) < 4.78 is 11.1. The van der Waals surface area contributed by atoms with Crippen LogP contribution in [0, 0.1) is 0 Å². The van der Waals surface area contributed by atoms with Gasteiger partial charge in [0.1, 0.15) is 5.84 Å². The molecule has 2 aliphatic heterocycles. The molecule has 1 saturated carbocycles. The van der Waals surface area contributed by atoms with Gasteiger partial charge in [-0.3, -0.25) is 9.79 Å². The number of aliphatic imine (C=N–C) groups is 1. The second-order valence-electron chi connectivity index (χ2n) is 10.2. The van der Waals surface area contributed by atoms with Crippen LogP contribution in [0.2, 0.25) is 0 Å².